The van der Waals surface area contributed by atoms with E-state index in [1.54, 1.807) is 6.07 Å². The van der Waals surface area contributed by atoms with Crippen molar-refractivity contribution in [2.75, 3.05) is 26.2 Å². The number of halogens is 3. The first kappa shape index (κ1) is 19.9. The molecule has 0 unspecified atom stereocenters. The van der Waals surface area contributed by atoms with E-state index >= 15 is 0 Å². The Kier molecular flexibility index (Phi) is 8.60. The molecular weight excluding hydrogens is 316 g/mol. The van der Waals surface area contributed by atoms with Gasteiger partial charge < -0.3 is 10.4 Å². The third kappa shape index (κ3) is 4.45. The lowest BCUT2D eigenvalue weighted by Crippen LogP contribution is -2.45. The number of benzene rings is 1. The van der Waals surface area contributed by atoms with Crippen molar-refractivity contribution in [2.45, 2.75) is 19.4 Å². The predicted molar refractivity (Wildman–Crippen MR) is 84.8 cm³/mol. The maximum absolute atomic E-state index is 13.7. The number of hydrogen-bond acceptors (Lipinski definition) is 4. The summed E-state index contributed by atoms with van der Waals surface area (Å²) in [5.41, 5.74) is 0.764. The van der Waals surface area contributed by atoms with Crippen molar-refractivity contribution in [3.05, 3.63) is 29.1 Å². The van der Waals surface area contributed by atoms with Gasteiger partial charge >= 0.3 is 0 Å². The molecule has 1 atom stereocenters. The number of rotatable bonds is 3. The van der Waals surface area contributed by atoms with Crippen molar-refractivity contribution in [3.63, 3.8) is 0 Å². The highest BCUT2D eigenvalue weighted by Crippen LogP contribution is 2.34. The molecule has 21 heavy (non-hydrogen) atoms. The van der Waals surface area contributed by atoms with Crippen LogP contribution in [0.2, 0.25) is 0 Å². The summed E-state index contributed by atoms with van der Waals surface area (Å²) in [7, 11) is 0. The normalized spacial score (nSPS) is 16.2. The van der Waals surface area contributed by atoms with Crippen LogP contribution in [0.1, 0.15) is 30.5 Å². The minimum atomic E-state index is -0.720. The maximum atomic E-state index is 13.7. The fourth-order valence-electron chi connectivity index (χ4n) is 2.61. The molecule has 0 aliphatic carbocycles. The predicted octanol–water partition coefficient (Wildman–Crippen LogP) is 2.60. The lowest BCUT2D eigenvalue weighted by atomic mass is 9.98. The first-order valence-electron chi connectivity index (χ1n) is 6.54. The molecule has 1 aliphatic rings. The van der Waals surface area contributed by atoms with Crippen molar-refractivity contribution in [1.29, 1.82) is 5.26 Å². The zero-order valence-electron chi connectivity index (χ0n) is 11.8. The minimum Gasteiger partial charge on any atom is -0.505 e. The Labute approximate surface area is 136 Å². The largest absolute Gasteiger partial charge is 0.505 e. The van der Waals surface area contributed by atoms with Gasteiger partial charge in [0.05, 0.1) is 11.6 Å². The molecule has 1 saturated heterocycles. The fourth-order valence-corrected chi connectivity index (χ4v) is 2.61. The molecule has 0 amide bonds. The Morgan fingerprint density at radius 2 is 2.00 bits per heavy atom. The van der Waals surface area contributed by atoms with Gasteiger partial charge in [-0.2, -0.15) is 5.26 Å². The molecule has 1 aromatic carbocycles. The highest BCUT2D eigenvalue weighted by atomic mass is 35.5. The van der Waals surface area contributed by atoms with Crippen LogP contribution in [-0.4, -0.2) is 36.2 Å². The number of piperazine rings is 1. The van der Waals surface area contributed by atoms with Crippen LogP contribution in [0.5, 0.6) is 5.75 Å². The topological polar surface area (TPSA) is 59.3 Å². The molecule has 1 aromatic rings. The second kappa shape index (κ2) is 9.06. The van der Waals surface area contributed by atoms with Crippen LogP contribution >= 0.6 is 24.8 Å². The highest BCUT2D eigenvalue weighted by molar-refractivity contribution is 5.85. The molecule has 0 aromatic heterocycles. The summed E-state index contributed by atoms with van der Waals surface area (Å²) in [6.45, 7) is 5.49. The molecule has 0 spiro atoms. The van der Waals surface area contributed by atoms with Crippen molar-refractivity contribution < 1.29 is 9.50 Å². The van der Waals surface area contributed by atoms with Crippen LogP contribution in [0.3, 0.4) is 0 Å². The second-order valence-corrected chi connectivity index (χ2v) is 4.72. The SMILES string of the molecule is CC[C@H](c1cc(C#N)cc(F)c1O)N1CCNCC1.Cl.Cl. The van der Waals surface area contributed by atoms with Gasteiger partial charge in [-0.1, -0.05) is 6.92 Å². The van der Waals surface area contributed by atoms with Crippen molar-refractivity contribution >= 4 is 24.8 Å². The van der Waals surface area contributed by atoms with Gasteiger partial charge in [-0.15, -0.1) is 24.8 Å². The number of aromatic hydroxyl groups is 1. The van der Waals surface area contributed by atoms with Gasteiger partial charge in [0.2, 0.25) is 0 Å². The summed E-state index contributed by atoms with van der Waals surface area (Å²) < 4.78 is 13.7. The van der Waals surface area contributed by atoms with E-state index in [9.17, 15) is 9.50 Å². The Morgan fingerprint density at radius 3 is 2.52 bits per heavy atom. The molecule has 7 heteroatoms. The van der Waals surface area contributed by atoms with E-state index in [4.69, 9.17) is 5.26 Å². The summed E-state index contributed by atoms with van der Waals surface area (Å²) in [6.07, 6.45) is 0.766. The summed E-state index contributed by atoms with van der Waals surface area (Å²) in [5.74, 6) is -1.05. The zero-order valence-corrected chi connectivity index (χ0v) is 13.4. The number of nitrogens with zero attached hydrogens (tertiary/aromatic N) is 2. The lowest BCUT2D eigenvalue weighted by Gasteiger charge is -2.35. The van der Waals surface area contributed by atoms with Gasteiger partial charge in [0.15, 0.2) is 11.6 Å². The van der Waals surface area contributed by atoms with Crippen LogP contribution in [0, 0.1) is 17.1 Å². The van der Waals surface area contributed by atoms with Crippen LogP contribution in [0.15, 0.2) is 12.1 Å². The van der Waals surface area contributed by atoms with Gasteiger partial charge in [-0.25, -0.2) is 4.39 Å². The van der Waals surface area contributed by atoms with Crippen molar-refractivity contribution in [1.82, 2.24) is 10.2 Å². The Hall–Kier alpha value is -1.06. The highest BCUT2D eigenvalue weighted by Gasteiger charge is 2.24. The van der Waals surface area contributed by atoms with Crippen molar-refractivity contribution in [2.24, 2.45) is 0 Å². The van der Waals surface area contributed by atoms with E-state index in [2.05, 4.69) is 10.2 Å². The number of nitrogens with one attached hydrogen (secondary N) is 1. The second-order valence-electron chi connectivity index (χ2n) is 4.72. The first-order chi connectivity index (χ1) is 9.17. The average molecular weight is 336 g/mol. The molecule has 0 saturated carbocycles. The zero-order chi connectivity index (χ0) is 13.8. The van der Waals surface area contributed by atoms with Crippen molar-refractivity contribution in [3.8, 4) is 11.8 Å². The van der Waals surface area contributed by atoms with E-state index in [1.807, 2.05) is 13.0 Å². The average Bonchev–Trinajstić information content (AvgIpc) is 2.45. The van der Waals surface area contributed by atoms with Gasteiger partial charge in [0.1, 0.15) is 0 Å². The Balaban J connectivity index is 0.00000200. The van der Waals surface area contributed by atoms with Gasteiger partial charge in [0, 0.05) is 37.8 Å². The van der Waals surface area contributed by atoms with Gasteiger partial charge in [0.25, 0.3) is 0 Å². The minimum absolute atomic E-state index is 0. The van der Waals surface area contributed by atoms with Crippen LogP contribution < -0.4 is 5.32 Å². The molecule has 0 radical (unpaired) electrons. The number of phenolic OH excluding ortho intramolecular Hbond substituents is 1. The summed E-state index contributed by atoms with van der Waals surface area (Å²) >= 11 is 0. The fraction of sp³-hybridized carbons (Fsp3) is 0.500. The van der Waals surface area contributed by atoms with E-state index in [1.165, 1.54) is 0 Å². The van der Waals surface area contributed by atoms with E-state index < -0.39 is 5.82 Å². The standard InChI is InChI=1S/C14H18FN3O.2ClH/c1-2-13(18-5-3-17-4-6-18)11-7-10(9-16)8-12(15)14(11)19;;/h7-8,13,17,19H,2-6H2,1H3;2*1H/t13-;;/m1../s1. The molecular formula is C14H20Cl2FN3O. The summed E-state index contributed by atoms with van der Waals surface area (Å²) in [4.78, 5) is 2.21. The molecule has 2 rings (SSSR count). The maximum Gasteiger partial charge on any atom is 0.166 e. The van der Waals surface area contributed by atoms with Gasteiger partial charge in [-0.3, -0.25) is 4.90 Å². The number of nitriles is 1. The molecule has 0 bridgehead atoms. The van der Waals surface area contributed by atoms with E-state index in [0.717, 1.165) is 38.7 Å². The van der Waals surface area contributed by atoms with Crippen LogP contribution in [0.25, 0.3) is 0 Å². The first-order valence-corrected chi connectivity index (χ1v) is 6.54. The smallest absolute Gasteiger partial charge is 0.166 e. The third-order valence-corrected chi connectivity index (χ3v) is 3.56. The molecule has 118 valence electrons. The van der Waals surface area contributed by atoms with Crippen LogP contribution in [0.4, 0.5) is 4.39 Å². The lowest BCUT2D eigenvalue weighted by molar-refractivity contribution is 0.166. The van der Waals surface area contributed by atoms with Gasteiger partial charge in [-0.05, 0) is 18.6 Å². The third-order valence-electron chi connectivity index (χ3n) is 3.56. The quantitative estimate of drug-likeness (QED) is 0.891. The number of hydrogen-bond donors (Lipinski definition) is 2. The molecule has 2 N–H and O–H groups in total. The van der Waals surface area contributed by atoms with E-state index in [-0.39, 0.29) is 42.2 Å². The Morgan fingerprint density at radius 1 is 1.38 bits per heavy atom. The summed E-state index contributed by atoms with van der Waals surface area (Å²) in [5, 5.41) is 22.1. The van der Waals surface area contributed by atoms with Crippen LogP contribution in [-0.2, 0) is 0 Å². The molecule has 1 aliphatic heterocycles. The molecule has 4 nitrogen and oxygen atoms in total. The summed E-state index contributed by atoms with van der Waals surface area (Å²) in [6, 6.07) is 4.55. The Bertz CT molecular complexity index is 502. The van der Waals surface area contributed by atoms with E-state index in [0.29, 0.717) is 5.56 Å². The molecule has 1 heterocycles. The monoisotopic (exact) mass is 335 g/mol. The molecule has 1 fully saturated rings. The number of phenols is 1.